The van der Waals surface area contributed by atoms with Gasteiger partial charge in [0.2, 0.25) is 0 Å². The smallest absolute Gasteiger partial charge is 0.145 e. The second-order valence-corrected chi connectivity index (χ2v) is 4.93. The van der Waals surface area contributed by atoms with E-state index in [1.54, 1.807) is 0 Å². The van der Waals surface area contributed by atoms with Gasteiger partial charge >= 0.3 is 0 Å². The monoisotopic (exact) mass is 258 g/mol. The van der Waals surface area contributed by atoms with Crippen LogP contribution in [0.3, 0.4) is 0 Å². The van der Waals surface area contributed by atoms with Crippen LogP contribution in [-0.4, -0.2) is 21.3 Å². The summed E-state index contributed by atoms with van der Waals surface area (Å²) in [6.07, 6.45) is 1.93. The molecule has 0 saturated heterocycles. The lowest BCUT2D eigenvalue weighted by Gasteiger charge is -2.29. The molecular weight excluding hydrogens is 236 g/mol. The van der Waals surface area contributed by atoms with E-state index < -0.39 is 0 Å². The summed E-state index contributed by atoms with van der Waals surface area (Å²) >= 11 is 0. The molecule has 1 heterocycles. The predicted octanol–water partition coefficient (Wildman–Crippen LogP) is 2.59. The maximum absolute atomic E-state index is 6.04. The number of benzene rings is 1. The van der Waals surface area contributed by atoms with Gasteiger partial charge < -0.3 is 5.73 Å². The molecule has 0 aliphatic heterocycles. The molecule has 1 aromatic carbocycles. The molecule has 19 heavy (non-hydrogen) atoms. The molecule has 4 nitrogen and oxygen atoms in total. The van der Waals surface area contributed by atoms with Gasteiger partial charge in [0.1, 0.15) is 11.6 Å². The van der Waals surface area contributed by atoms with Crippen molar-refractivity contribution in [2.75, 3.05) is 6.54 Å². The van der Waals surface area contributed by atoms with Gasteiger partial charge in [-0.05, 0) is 31.9 Å². The van der Waals surface area contributed by atoms with Gasteiger partial charge in [0.25, 0.3) is 0 Å². The minimum Gasteiger partial charge on any atom is -0.329 e. The van der Waals surface area contributed by atoms with E-state index in [0.29, 0.717) is 6.54 Å². The summed E-state index contributed by atoms with van der Waals surface area (Å²) in [5.74, 6) is 1.88. The number of hydrogen-bond acceptors (Lipinski definition) is 3. The standard InChI is InChI=1S/C15H22N4/c1-4-15(5-2,11-16)14-18-17-12(3)19(14)13-9-7-6-8-10-13/h6-10H,4-5,11,16H2,1-3H3. The van der Waals surface area contributed by atoms with E-state index in [1.165, 1.54) is 0 Å². The summed E-state index contributed by atoms with van der Waals surface area (Å²) in [4.78, 5) is 0. The van der Waals surface area contributed by atoms with Crippen molar-refractivity contribution in [3.63, 3.8) is 0 Å². The molecule has 1 aromatic heterocycles. The van der Waals surface area contributed by atoms with Crippen molar-refractivity contribution in [1.29, 1.82) is 0 Å². The molecule has 0 fully saturated rings. The molecule has 0 aliphatic carbocycles. The molecule has 0 saturated carbocycles. The molecule has 2 aromatic rings. The van der Waals surface area contributed by atoms with Crippen LogP contribution < -0.4 is 5.73 Å². The molecule has 0 amide bonds. The maximum atomic E-state index is 6.04. The molecule has 102 valence electrons. The van der Waals surface area contributed by atoms with E-state index in [1.807, 2.05) is 25.1 Å². The van der Waals surface area contributed by atoms with Crippen LogP contribution in [0.2, 0.25) is 0 Å². The Morgan fingerprint density at radius 1 is 1.11 bits per heavy atom. The van der Waals surface area contributed by atoms with Gasteiger partial charge in [0, 0.05) is 17.6 Å². The Hall–Kier alpha value is -1.68. The zero-order valence-corrected chi connectivity index (χ0v) is 11.9. The van der Waals surface area contributed by atoms with Crippen molar-refractivity contribution in [2.24, 2.45) is 5.73 Å². The first-order chi connectivity index (χ1) is 9.18. The third-order valence-electron chi connectivity index (χ3n) is 4.06. The number of nitrogens with zero attached hydrogens (tertiary/aromatic N) is 3. The molecule has 2 N–H and O–H groups in total. The molecule has 0 atom stereocenters. The highest BCUT2D eigenvalue weighted by atomic mass is 15.3. The zero-order valence-electron chi connectivity index (χ0n) is 11.9. The van der Waals surface area contributed by atoms with Gasteiger partial charge in [-0.1, -0.05) is 32.0 Å². The van der Waals surface area contributed by atoms with Crippen LogP contribution in [0.4, 0.5) is 0 Å². The van der Waals surface area contributed by atoms with Gasteiger partial charge in [-0.3, -0.25) is 4.57 Å². The van der Waals surface area contributed by atoms with Gasteiger partial charge in [0.15, 0.2) is 0 Å². The Morgan fingerprint density at radius 2 is 1.74 bits per heavy atom. The van der Waals surface area contributed by atoms with Gasteiger partial charge in [0.05, 0.1) is 0 Å². The maximum Gasteiger partial charge on any atom is 0.145 e. The third kappa shape index (κ3) is 2.28. The van der Waals surface area contributed by atoms with Crippen LogP contribution in [0.5, 0.6) is 0 Å². The molecule has 4 heteroatoms. The minimum atomic E-state index is -0.100. The number of para-hydroxylation sites is 1. The van der Waals surface area contributed by atoms with Crippen molar-refractivity contribution in [3.8, 4) is 5.69 Å². The van der Waals surface area contributed by atoms with E-state index in [4.69, 9.17) is 5.73 Å². The molecule has 2 rings (SSSR count). The summed E-state index contributed by atoms with van der Waals surface area (Å²) in [5.41, 5.74) is 7.03. The van der Waals surface area contributed by atoms with Crippen LogP contribution in [0, 0.1) is 6.92 Å². The number of nitrogens with two attached hydrogens (primary N) is 1. The second-order valence-electron chi connectivity index (χ2n) is 4.93. The molecule has 0 bridgehead atoms. The van der Waals surface area contributed by atoms with Crippen molar-refractivity contribution in [2.45, 2.75) is 39.0 Å². The summed E-state index contributed by atoms with van der Waals surface area (Å²) in [5, 5.41) is 8.67. The van der Waals surface area contributed by atoms with E-state index >= 15 is 0 Å². The largest absolute Gasteiger partial charge is 0.329 e. The van der Waals surface area contributed by atoms with Gasteiger partial charge in [-0.2, -0.15) is 0 Å². The van der Waals surface area contributed by atoms with Crippen molar-refractivity contribution >= 4 is 0 Å². The lowest BCUT2D eigenvalue weighted by molar-refractivity contribution is 0.376. The predicted molar refractivity (Wildman–Crippen MR) is 77.4 cm³/mol. The lowest BCUT2D eigenvalue weighted by Crippen LogP contribution is -2.36. The Labute approximate surface area is 114 Å². The molecular formula is C15H22N4. The zero-order chi connectivity index (χ0) is 13.9. The highest BCUT2D eigenvalue weighted by Crippen LogP contribution is 2.31. The summed E-state index contributed by atoms with van der Waals surface area (Å²) in [6.45, 7) is 6.90. The third-order valence-corrected chi connectivity index (χ3v) is 4.06. The van der Waals surface area contributed by atoms with Crippen LogP contribution in [0.1, 0.15) is 38.3 Å². The van der Waals surface area contributed by atoms with E-state index in [0.717, 1.165) is 30.2 Å². The average molecular weight is 258 g/mol. The fourth-order valence-electron chi connectivity index (χ4n) is 2.54. The summed E-state index contributed by atoms with van der Waals surface area (Å²) in [6, 6.07) is 10.2. The van der Waals surface area contributed by atoms with Crippen LogP contribution in [0.25, 0.3) is 5.69 Å². The number of aryl methyl sites for hydroxylation is 1. The summed E-state index contributed by atoms with van der Waals surface area (Å²) in [7, 11) is 0. The van der Waals surface area contributed by atoms with Crippen LogP contribution in [0.15, 0.2) is 30.3 Å². The average Bonchev–Trinajstić information content (AvgIpc) is 2.85. The minimum absolute atomic E-state index is 0.100. The summed E-state index contributed by atoms with van der Waals surface area (Å²) < 4.78 is 2.12. The number of rotatable bonds is 5. The normalized spacial score (nSPS) is 11.8. The van der Waals surface area contributed by atoms with E-state index in [2.05, 4.69) is 40.7 Å². The first-order valence-corrected chi connectivity index (χ1v) is 6.86. The van der Waals surface area contributed by atoms with E-state index in [9.17, 15) is 0 Å². The van der Waals surface area contributed by atoms with Crippen LogP contribution >= 0.6 is 0 Å². The fraction of sp³-hybridized carbons (Fsp3) is 0.467. The SMILES string of the molecule is CCC(CC)(CN)c1nnc(C)n1-c1ccccc1. The highest BCUT2D eigenvalue weighted by molar-refractivity contribution is 5.35. The quantitative estimate of drug-likeness (QED) is 0.896. The Morgan fingerprint density at radius 3 is 2.26 bits per heavy atom. The topological polar surface area (TPSA) is 56.7 Å². The van der Waals surface area contributed by atoms with E-state index in [-0.39, 0.29) is 5.41 Å². The highest BCUT2D eigenvalue weighted by Gasteiger charge is 2.33. The Balaban J connectivity index is 2.61. The number of aromatic nitrogens is 3. The van der Waals surface area contributed by atoms with Crippen molar-refractivity contribution < 1.29 is 0 Å². The van der Waals surface area contributed by atoms with Crippen LogP contribution in [-0.2, 0) is 5.41 Å². The number of hydrogen-bond donors (Lipinski definition) is 1. The van der Waals surface area contributed by atoms with Gasteiger partial charge in [-0.25, -0.2) is 0 Å². The second kappa shape index (κ2) is 5.53. The first kappa shape index (κ1) is 13.7. The Kier molecular flexibility index (Phi) is 4.00. The molecule has 0 aliphatic rings. The lowest BCUT2D eigenvalue weighted by atomic mass is 9.81. The molecule has 0 radical (unpaired) electrons. The Bertz CT molecular complexity index is 518. The van der Waals surface area contributed by atoms with Gasteiger partial charge in [-0.15, -0.1) is 10.2 Å². The van der Waals surface area contributed by atoms with Crippen molar-refractivity contribution in [1.82, 2.24) is 14.8 Å². The van der Waals surface area contributed by atoms with Crippen molar-refractivity contribution in [3.05, 3.63) is 42.0 Å². The first-order valence-electron chi connectivity index (χ1n) is 6.86. The molecule has 0 unspecified atom stereocenters. The fourth-order valence-corrected chi connectivity index (χ4v) is 2.54. The molecule has 0 spiro atoms.